The maximum atomic E-state index is 12.0. The van der Waals surface area contributed by atoms with E-state index in [4.69, 9.17) is 4.74 Å². The van der Waals surface area contributed by atoms with Gasteiger partial charge in [0, 0.05) is 19.3 Å². The normalized spacial score (nSPS) is 17.8. The van der Waals surface area contributed by atoms with Crippen molar-refractivity contribution in [2.75, 3.05) is 13.2 Å². The number of rotatable bonds is 4. The molecule has 0 aliphatic carbocycles. The molecule has 5 heteroatoms. The molecule has 0 atom stereocenters. The minimum Gasteiger partial charge on any atom is -0.381 e. The Morgan fingerprint density at radius 3 is 2.72 bits per heavy atom. The quantitative estimate of drug-likeness (QED) is 0.903. The van der Waals surface area contributed by atoms with Crippen molar-refractivity contribution < 1.29 is 13.2 Å². The average molecular weight is 269 g/mol. The second-order valence-corrected chi connectivity index (χ2v) is 6.51. The van der Waals surface area contributed by atoms with Gasteiger partial charge in [-0.25, -0.2) is 13.1 Å². The first-order valence-corrected chi connectivity index (χ1v) is 7.84. The van der Waals surface area contributed by atoms with Crippen LogP contribution >= 0.6 is 0 Å². The van der Waals surface area contributed by atoms with Crippen LogP contribution in [-0.2, 0) is 20.5 Å². The van der Waals surface area contributed by atoms with E-state index in [9.17, 15) is 8.42 Å². The summed E-state index contributed by atoms with van der Waals surface area (Å²) in [4.78, 5) is 0. The van der Waals surface area contributed by atoms with Gasteiger partial charge in [0.25, 0.3) is 0 Å². The van der Waals surface area contributed by atoms with E-state index >= 15 is 0 Å². The largest absolute Gasteiger partial charge is 0.381 e. The van der Waals surface area contributed by atoms with E-state index in [0.29, 0.717) is 13.2 Å². The lowest BCUT2D eigenvalue weighted by Crippen LogP contribution is -2.39. The van der Waals surface area contributed by atoms with Crippen LogP contribution in [0.3, 0.4) is 0 Å². The van der Waals surface area contributed by atoms with Crippen molar-refractivity contribution in [3.8, 4) is 0 Å². The number of aryl methyl sites for hydroxylation is 1. The molecule has 1 fully saturated rings. The molecule has 0 spiro atoms. The molecule has 0 bridgehead atoms. The first-order valence-electron chi connectivity index (χ1n) is 6.18. The summed E-state index contributed by atoms with van der Waals surface area (Å²) in [7, 11) is -3.26. The fraction of sp³-hybridized carbons (Fsp3) is 0.538. The van der Waals surface area contributed by atoms with Crippen LogP contribution in [0.15, 0.2) is 24.3 Å². The summed E-state index contributed by atoms with van der Waals surface area (Å²) in [5.41, 5.74) is 1.91. The third-order valence-electron chi connectivity index (χ3n) is 3.01. The zero-order valence-corrected chi connectivity index (χ0v) is 11.4. The van der Waals surface area contributed by atoms with Gasteiger partial charge >= 0.3 is 0 Å². The first kappa shape index (κ1) is 13.5. The maximum Gasteiger partial charge on any atom is 0.216 e. The molecule has 1 N–H and O–H groups in total. The molecule has 2 rings (SSSR count). The van der Waals surface area contributed by atoms with E-state index < -0.39 is 10.0 Å². The molecule has 1 aliphatic rings. The molecule has 0 saturated carbocycles. The monoisotopic (exact) mass is 269 g/mol. The van der Waals surface area contributed by atoms with Crippen molar-refractivity contribution in [2.45, 2.75) is 31.6 Å². The van der Waals surface area contributed by atoms with Crippen molar-refractivity contribution >= 4 is 10.0 Å². The summed E-state index contributed by atoms with van der Waals surface area (Å²) in [6.45, 7) is 3.23. The Balaban J connectivity index is 1.98. The van der Waals surface area contributed by atoms with Crippen LogP contribution in [0, 0.1) is 6.92 Å². The predicted octanol–water partition coefficient (Wildman–Crippen LogP) is 1.59. The van der Waals surface area contributed by atoms with E-state index in [1.807, 2.05) is 31.2 Å². The fourth-order valence-electron chi connectivity index (χ4n) is 2.13. The van der Waals surface area contributed by atoms with E-state index in [1.54, 1.807) is 0 Å². The summed E-state index contributed by atoms with van der Waals surface area (Å²) >= 11 is 0. The molecule has 1 aromatic carbocycles. The molecule has 4 nitrogen and oxygen atoms in total. The number of ether oxygens (including phenoxy) is 1. The summed E-state index contributed by atoms with van der Waals surface area (Å²) in [6, 6.07) is 7.62. The van der Waals surface area contributed by atoms with Crippen molar-refractivity contribution in [3.63, 3.8) is 0 Å². The van der Waals surface area contributed by atoms with E-state index in [2.05, 4.69) is 4.72 Å². The number of benzene rings is 1. The highest BCUT2D eigenvalue weighted by molar-refractivity contribution is 7.88. The smallest absolute Gasteiger partial charge is 0.216 e. The van der Waals surface area contributed by atoms with Crippen molar-refractivity contribution in [3.05, 3.63) is 35.4 Å². The lowest BCUT2D eigenvalue weighted by Gasteiger charge is -2.22. The minimum atomic E-state index is -3.26. The van der Waals surface area contributed by atoms with Gasteiger partial charge in [-0.15, -0.1) is 0 Å². The van der Waals surface area contributed by atoms with Crippen molar-refractivity contribution in [1.82, 2.24) is 4.72 Å². The zero-order valence-electron chi connectivity index (χ0n) is 10.6. The number of nitrogens with one attached hydrogen (secondary N) is 1. The van der Waals surface area contributed by atoms with Gasteiger partial charge in [-0.05, 0) is 25.3 Å². The maximum absolute atomic E-state index is 12.0. The molecule has 0 radical (unpaired) electrons. The summed E-state index contributed by atoms with van der Waals surface area (Å²) in [6.07, 6.45) is 1.51. The van der Waals surface area contributed by atoms with Crippen molar-refractivity contribution in [2.24, 2.45) is 0 Å². The molecular formula is C13H19NO3S. The Kier molecular flexibility index (Phi) is 4.37. The van der Waals surface area contributed by atoms with Crippen LogP contribution in [0.2, 0.25) is 0 Å². The minimum absolute atomic E-state index is 0.0218. The fourth-order valence-corrected chi connectivity index (χ4v) is 3.58. The van der Waals surface area contributed by atoms with Gasteiger partial charge in [-0.3, -0.25) is 0 Å². The molecule has 0 amide bonds. The second kappa shape index (κ2) is 5.82. The van der Waals surface area contributed by atoms with Gasteiger partial charge in [0.1, 0.15) is 0 Å². The highest BCUT2D eigenvalue weighted by Crippen LogP contribution is 2.11. The second-order valence-electron chi connectivity index (χ2n) is 4.75. The number of hydrogen-bond acceptors (Lipinski definition) is 3. The molecule has 1 heterocycles. The molecule has 1 aliphatic heterocycles. The molecule has 1 saturated heterocycles. The summed E-state index contributed by atoms with van der Waals surface area (Å²) in [5, 5.41) is 0. The third kappa shape index (κ3) is 4.08. The first-order chi connectivity index (χ1) is 8.55. The standard InChI is InChI=1S/C13H19NO3S/c1-11-3-2-4-12(9-11)10-18(15,16)14-13-5-7-17-8-6-13/h2-4,9,13-14H,5-8,10H2,1H3. The van der Waals surface area contributed by atoms with Gasteiger partial charge in [-0.2, -0.15) is 0 Å². The van der Waals surface area contributed by atoms with Crippen LogP contribution in [0.1, 0.15) is 24.0 Å². The highest BCUT2D eigenvalue weighted by atomic mass is 32.2. The third-order valence-corrected chi connectivity index (χ3v) is 4.41. The Labute approximate surface area is 108 Å². The van der Waals surface area contributed by atoms with Crippen molar-refractivity contribution in [1.29, 1.82) is 0 Å². The summed E-state index contributed by atoms with van der Waals surface area (Å²) in [5.74, 6) is 0.0477. The molecule has 100 valence electrons. The topological polar surface area (TPSA) is 55.4 Å². The van der Waals surface area contributed by atoms with Crippen LogP contribution in [-0.4, -0.2) is 27.7 Å². The highest BCUT2D eigenvalue weighted by Gasteiger charge is 2.20. The number of hydrogen-bond donors (Lipinski definition) is 1. The van der Waals surface area contributed by atoms with Gasteiger partial charge in [0.05, 0.1) is 5.75 Å². The molecule has 18 heavy (non-hydrogen) atoms. The van der Waals surface area contributed by atoms with Gasteiger partial charge in [-0.1, -0.05) is 29.8 Å². The lowest BCUT2D eigenvalue weighted by atomic mass is 10.1. The number of sulfonamides is 1. The van der Waals surface area contributed by atoms with Gasteiger partial charge in [0.2, 0.25) is 10.0 Å². The molecule has 0 unspecified atom stereocenters. The van der Waals surface area contributed by atoms with Crippen LogP contribution in [0.5, 0.6) is 0 Å². The van der Waals surface area contributed by atoms with E-state index in [1.165, 1.54) is 0 Å². The Bertz CT molecular complexity index is 493. The van der Waals surface area contributed by atoms with Crippen LogP contribution < -0.4 is 4.72 Å². The van der Waals surface area contributed by atoms with Crippen LogP contribution in [0.25, 0.3) is 0 Å². The predicted molar refractivity (Wildman–Crippen MR) is 70.8 cm³/mol. The lowest BCUT2D eigenvalue weighted by molar-refractivity contribution is 0.0832. The molecule has 0 aromatic heterocycles. The van der Waals surface area contributed by atoms with E-state index in [0.717, 1.165) is 24.0 Å². The van der Waals surface area contributed by atoms with Gasteiger partial charge in [0.15, 0.2) is 0 Å². The average Bonchev–Trinajstić information content (AvgIpc) is 2.28. The summed E-state index contributed by atoms with van der Waals surface area (Å²) < 4.78 is 32.0. The van der Waals surface area contributed by atoms with Crippen LogP contribution in [0.4, 0.5) is 0 Å². The van der Waals surface area contributed by atoms with Gasteiger partial charge < -0.3 is 4.74 Å². The zero-order chi connectivity index (χ0) is 13.0. The molecule has 1 aromatic rings. The Morgan fingerprint density at radius 1 is 1.33 bits per heavy atom. The Morgan fingerprint density at radius 2 is 2.06 bits per heavy atom. The molecular weight excluding hydrogens is 250 g/mol. The van der Waals surface area contributed by atoms with E-state index in [-0.39, 0.29) is 11.8 Å². The SMILES string of the molecule is Cc1cccc(CS(=O)(=O)NC2CCOCC2)c1. The Hall–Kier alpha value is -0.910.